The molecule has 1 N–H and O–H groups in total. The highest BCUT2D eigenvalue weighted by atomic mass is 16.6. The molecule has 3 heterocycles. The van der Waals surface area contributed by atoms with Crippen LogP contribution in [0.1, 0.15) is 33.6 Å². The summed E-state index contributed by atoms with van der Waals surface area (Å²) in [7, 11) is 0. The number of anilines is 1. The van der Waals surface area contributed by atoms with Crippen molar-refractivity contribution in [1.82, 2.24) is 15.1 Å². The van der Waals surface area contributed by atoms with Gasteiger partial charge in [-0.25, -0.2) is 4.79 Å². The Bertz CT molecular complexity index is 1330. The van der Waals surface area contributed by atoms with Crippen LogP contribution in [0.2, 0.25) is 0 Å². The molecule has 0 radical (unpaired) electrons. The van der Waals surface area contributed by atoms with Crippen LogP contribution in [0.3, 0.4) is 0 Å². The summed E-state index contributed by atoms with van der Waals surface area (Å²) in [5, 5.41) is 13.0. The summed E-state index contributed by atoms with van der Waals surface area (Å²) in [5.74, 6) is -2.11. The summed E-state index contributed by atoms with van der Waals surface area (Å²) in [6.07, 6.45) is -0.502. The number of amides is 5. The lowest BCUT2D eigenvalue weighted by Gasteiger charge is -2.36. The van der Waals surface area contributed by atoms with Crippen molar-refractivity contribution in [3.05, 3.63) is 63.7 Å². The van der Waals surface area contributed by atoms with E-state index in [1.54, 1.807) is 12.1 Å². The lowest BCUT2D eigenvalue weighted by molar-refractivity contribution is -0.384. The van der Waals surface area contributed by atoms with Gasteiger partial charge in [-0.2, -0.15) is 0 Å². The Morgan fingerprint density at radius 1 is 0.973 bits per heavy atom. The molecule has 2 aromatic carbocycles. The van der Waals surface area contributed by atoms with E-state index in [0.29, 0.717) is 18.8 Å². The fourth-order valence-corrected chi connectivity index (χ4v) is 4.69. The number of piperazine rings is 1. The normalized spacial score (nSPS) is 19.6. The molecular formula is C24H21N5O8. The van der Waals surface area contributed by atoms with Gasteiger partial charge in [0, 0.05) is 44.7 Å². The number of carbonyl (C=O) groups is 5. The van der Waals surface area contributed by atoms with Crippen molar-refractivity contribution < 1.29 is 33.6 Å². The largest absolute Gasteiger partial charge is 0.415 e. The lowest BCUT2D eigenvalue weighted by atomic mass is 10.0. The summed E-state index contributed by atoms with van der Waals surface area (Å²) in [4.78, 5) is 77.3. The molecule has 2 aromatic rings. The van der Waals surface area contributed by atoms with Crippen LogP contribution in [0, 0.1) is 10.1 Å². The number of carbonyl (C=O) groups excluding carboxylic acids is 5. The van der Waals surface area contributed by atoms with Crippen LogP contribution in [-0.4, -0.2) is 76.7 Å². The van der Waals surface area contributed by atoms with Crippen LogP contribution in [0.5, 0.6) is 5.75 Å². The highest BCUT2D eigenvalue weighted by Crippen LogP contribution is 2.34. The van der Waals surface area contributed by atoms with Crippen LogP contribution < -0.4 is 15.0 Å². The maximum atomic E-state index is 13.3. The molecule has 3 aliphatic rings. The Hall–Kier alpha value is -4.81. The van der Waals surface area contributed by atoms with Gasteiger partial charge in [0.05, 0.1) is 21.7 Å². The van der Waals surface area contributed by atoms with E-state index in [-0.39, 0.29) is 48.5 Å². The van der Waals surface area contributed by atoms with Crippen molar-refractivity contribution >= 4 is 41.1 Å². The summed E-state index contributed by atoms with van der Waals surface area (Å²) in [6, 6.07) is 9.02. The number of nitro groups is 1. The number of rotatable bonds is 4. The molecule has 190 valence electrons. The SMILES string of the molecule is O=C1CCC(N2C(=O)c3cccc(N4CCN(C(=O)Oc5ccc([N+](=O)[O-])cc5)CC4)c3C2=O)C(=O)N1. The molecule has 13 heteroatoms. The van der Waals surface area contributed by atoms with Crippen molar-refractivity contribution in [2.75, 3.05) is 31.1 Å². The number of hydrogen-bond donors (Lipinski definition) is 1. The highest BCUT2D eigenvalue weighted by molar-refractivity contribution is 6.25. The standard InChI is InChI=1S/C24H21N5O8/c30-19-9-8-18(21(31)25-19)28-22(32)16-2-1-3-17(20(16)23(28)33)26-10-12-27(13-11-26)24(34)37-15-6-4-14(5-7-15)29(35)36/h1-7,18H,8-13H2,(H,25,30,31). The average Bonchev–Trinajstić information content (AvgIpc) is 3.14. The third-order valence-corrected chi connectivity index (χ3v) is 6.58. The van der Waals surface area contributed by atoms with E-state index >= 15 is 0 Å². The first-order valence-electron chi connectivity index (χ1n) is 11.6. The van der Waals surface area contributed by atoms with Crippen molar-refractivity contribution in [2.45, 2.75) is 18.9 Å². The number of non-ortho nitro benzene ring substituents is 1. The van der Waals surface area contributed by atoms with Crippen LogP contribution in [0.15, 0.2) is 42.5 Å². The zero-order valence-corrected chi connectivity index (χ0v) is 19.4. The van der Waals surface area contributed by atoms with Crippen molar-refractivity contribution in [2.24, 2.45) is 0 Å². The van der Waals surface area contributed by atoms with Gasteiger partial charge in [-0.05, 0) is 30.7 Å². The summed E-state index contributed by atoms with van der Waals surface area (Å²) in [6.45, 7) is 1.25. The Morgan fingerprint density at radius 3 is 2.32 bits per heavy atom. The van der Waals surface area contributed by atoms with Crippen molar-refractivity contribution in [1.29, 1.82) is 0 Å². The quantitative estimate of drug-likeness (QED) is 0.366. The fourth-order valence-electron chi connectivity index (χ4n) is 4.69. The minimum atomic E-state index is -1.05. The molecule has 37 heavy (non-hydrogen) atoms. The molecular weight excluding hydrogens is 486 g/mol. The summed E-state index contributed by atoms with van der Waals surface area (Å²) < 4.78 is 5.31. The first-order valence-corrected chi connectivity index (χ1v) is 11.6. The number of piperidine rings is 1. The van der Waals surface area contributed by atoms with Gasteiger partial charge in [-0.1, -0.05) is 6.07 Å². The second kappa shape index (κ2) is 9.33. The van der Waals surface area contributed by atoms with Crippen LogP contribution >= 0.6 is 0 Å². The van der Waals surface area contributed by atoms with E-state index in [9.17, 15) is 34.1 Å². The molecule has 0 bridgehead atoms. The third-order valence-electron chi connectivity index (χ3n) is 6.58. The second-order valence-electron chi connectivity index (χ2n) is 8.74. The van der Waals surface area contributed by atoms with E-state index in [0.717, 1.165) is 4.90 Å². The number of imide groups is 2. The molecule has 5 rings (SSSR count). The summed E-state index contributed by atoms with van der Waals surface area (Å²) >= 11 is 0. The van der Waals surface area contributed by atoms with Gasteiger partial charge in [-0.15, -0.1) is 0 Å². The molecule has 2 saturated heterocycles. The zero-order valence-electron chi connectivity index (χ0n) is 19.4. The molecule has 0 saturated carbocycles. The van der Waals surface area contributed by atoms with E-state index < -0.39 is 40.7 Å². The van der Waals surface area contributed by atoms with E-state index in [1.807, 2.05) is 4.90 Å². The number of ether oxygens (including phenoxy) is 1. The van der Waals surface area contributed by atoms with Crippen LogP contribution in [0.25, 0.3) is 0 Å². The smallest absolute Gasteiger partial charge is 0.410 e. The lowest BCUT2D eigenvalue weighted by Crippen LogP contribution is -2.54. The van der Waals surface area contributed by atoms with Gasteiger partial charge < -0.3 is 14.5 Å². The minimum absolute atomic E-state index is 0.0363. The molecule has 0 aromatic heterocycles. The molecule has 0 aliphatic carbocycles. The first kappa shape index (κ1) is 23.9. The van der Waals surface area contributed by atoms with E-state index in [1.165, 1.54) is 35.2 Å². The van der Waals surface area contributed by atoms with Gasteiger partial charge in [-0.3, -0.25) is 39.5 Å². The monoisotopic (exact) mass is 507 g/mol. The maximum Gasteiger partial charge on any atom is 0.415 e. The Kier molecular flexibility index (Phi) is 6.03. The Morgan fingerprint density at radius 2 is 1.68 bits per heavy atom. The predicted octanol–water partition coefficient (Wildman–Crippen LogP) is 1.32. The molecule has 1 atom stereocenters. The number of nitrogens with one attached hydrogen (secondary N) is 1. The Labute approximate surface area is 209 Å². The van der Waals surface area contributed by atoms with E-state index in [4.69, 9.17) is 4.74 Å². The molecule has 13 nitrogen and oxygen atoms in total. The topological polar surface area (TPSA) is 159 Å². The van der Waals surface area contributed by atoms with Gasteiger partial charge >= 0.3 is 6.09 Å². The fraction of sp³-hybridized carbons (Fsp3) is 0.292. The average molecular weight is 507 g/mol. The van der Waals surface area contributed by atoms with E-state index in [2.05, 4.69) is 5.32 Å². The van der Waals surface area contributed by atoms with Crippen molar-refractivity contribution in [3.8, 4) is 5.75 Å². The second-order valence-corrected chi connectivity index (χ2v) is 8.74. The third kappa shape index (κ3) is 4.35. The molecule has 2 fully saturated rings. The number of nitrogens with zero attached hydrogens (tertiary/aromatic N) is 4. The van der Waals surface area contributed by atoms with Crippen LogP contribution in [0.4, 0.5) is 16.2 Å². The number of benzene rings is 2. The van der Waals surface area contributed by atoms with Gasteiger partial charge in [0.15, 0.2) is 0 Å². The number of hydrogen-bond acceptors (Lipinski definition) is 9. The minimum Gasteiger partial charge on any atom is -0.410 e. The molecule has 0 spiro atoms. The summed E-state index contributed by atoms with van der Waals surface area (Å²) in [5.41, 5.74) is 0.786. The molecule has 5 amide bonds. The Balaban J connectivity index is 1.27. The highest BCUT2D eigenvalue weighted by Gasteiger charge is 2.46. The maximum absolute atomic E-state index is 13.3. The van der Waals surface area contributed by atoms with Gasteiger partial charge in [0.2, 0.25) is 11.8 Å². The number of nitro benzene ring substituents is 1. The van der Waals surface area contributed by atoms with Crippen molar-refractivity contribution in [3.63, 3.8) is 0 Å². The zero-order chi connectivity index (χ0) is 26.3. The molecule has 3 aliphatic heterocycles. The van der Waals surface area contributed by atoms with Gasteiger partial charge in [0.25, 0.3) is 17.5 Å². The molecule has 1 unspecified atom stereocenters. The number of fused-ring (bicyclic) bond motifs is 1. The van der Waals surface area contributed by atoms with Gasteiger partial charge in [0.1, 0.15) is 11.8 Å². The predicted molar refractivity (Wildman–Crippen MR) is 126 cm³/mol. The first-order chi connectivity index (χ1) is 17.7. The van der Waals surface area contributed by atoms with Crippen LogP contribution in [-0.2, 0) is 9.59 Å².